The van der Waals surface area contributed by atoms with Crippen LogP contribution in [0.2, 0.25) is 0 Å². The molecule has 0 aliphatic carbocycles. The van der Waals surface area contributed by atoms with Crippen LogP contribution in [0.1, 0.15) is 47.8 Å². The molecule has 5 rings (SSSR count). The maximum atomic E-state index is 13.9. The largest absolute Gasteiger partial charge is 0.467 e. The molecule has 0 radical (unpaired) electrons. The van der Waals surface area contributed by atoms with Crippen molar-refractivity contribution in [1.82, 2.24) is 14.5 Å². The minimum absolute atomic E-state index is 0.0776. The number of furan rings is 1. The van der Waals surface area contributed by atoms with E-state index in [0.29, 0.717) is 36.4 Å². The van der Waals surface area contributed by atoms with Gasteiger partial charge in [0.25, 0.3) is 0 Å². The van der Waals surface area contributed by atoms with E-state index in [0.717, 1.165) is 18.4 Å². The topological polar surface area (TPSA) is 99.9 Å². The Morgan fingerprint density at radius 3 is 2.21 bits per heavy atom. The van der Waals surface area contributed by atoms with Crippen LogP contribution in [0, 0.1) is 5.82 Å². The Morgan fingerprint density at radius 1 is 0.884 bits per heavy atom. The highest BCUT2D eigenvalue weighted by Gasteiger charge is 2.32. The van der Waals surface area contributed by atoms with Gasteiger partial charge in [-0.1, -0.05) is 54.6 Å². The highest BCUT2D eigenvalue weighted by atomic mass is 32.2. The van der Waals surface area contributed by atoms with Crippen LogP contribution in [0.15, 0.2) is 107 Å². The van der Waals surface area contributed by atoms with E-state index in [-0.39, 0.29) is 36.2 Å². The first-order chi connectivity index (χ1) is 20.8. The summed E-state index contributed by atoms with van der Waals surface area (Å²) in [5.74, 6) is -0.478. The molecule has 1 atom stereocenters. The van der Waals surface area contributed by atoms with E-state index in [9.17, 15) is 22.4 Å². The number of nitrogens with zero attached hydrogens (tertiary/aromatic N) is 2. The Bertz CT molecular complexity index is 1600. The molecule has 43 heavy (non-hydrogen) atoms. The van der Waals surface area contributed by atoms with E-state index in [1.165, 1.54) is 27.6 Å². The van der Waals surface area contributed by atoms with Crippen LogP contribution in [0.3, 0.4) is 0 Å². The predicted octanol–water partition coefficient (Wildman–Crippen LogP) is 5.22. The second kappa shape index (κ2) is 13.8. The molecule has 1 saturated heterocycles. The monoisotopic (exact) mass is 603 g/mol. The third-order valence-corrected chi connectivity index (χ3v) is 9.45. The lowest BCUT2D eigenvalue weighted by Crippen LogP contribution is -2.43. The van der Waals surface area contributed by atoms with Crippen molar-refractivity contribution in [2.75, 3.05) is 13.1 Å². The van der Waals surface area contributed by atoms with Crippen molar-refractivity contribution in [2.45, 2.75) is 49.7 Å². The molecule has 0 bridgehead atoms. The maximum Gasteiger partial charge on any atom is 0.247 e. The minimum Gasteiger partial charge on any atom is -0.467 e. The Balaban J connectivity index is 1.37. The lowest BCUT2D eigenvalue weighted by Gasteiger charge is -2.31. The third kappa shape index (κ3) is 7.57. The zero-order chi connectivity index (χ0) is 30.2. The summed E-state index contributed by atoms with van der Waals surface area (Å²) in [6.45, 7) is 1.29. The second-order valence-electron chi connectivity index (χ2n) is 10.5. The zero-order valence-corrected chi connectivity index (χ0v) is 24.5. The highest BCUT2D eigenvalue weighted by molar-refractivity contribution is 7.89. The van der Waals surface area contributed by atoms with Gasteiger partial charge >= 0.3 is 0 Å². The van der Waals surface area contributed by atoms with E-state index in [1.807, 2.05) is 6.07 Å². The molecule has 0 spiro atoms. The fourth-order valence-electron chi connectivity index (χ4n) is 5.20. The maximum absolute atomic E-state index is 13.9. The SMILES string of the molecule is O=C(NCc1ccco1)[C@H](c1ccccc1)N(Cc1ccc(F)cc1)C(=O)CCc1ccc(S(=O)(=O)N2CCCC2)cc1. The van der Waals surface area contributed by atoms with Crippen LogP contribution in [0.4, 0.5) is 4.39 Å². The average Bonchev–Trinajstić information content (AvgIpc) is 3.76. The van der Waals surface area contributed by atoms with Gasteiger partial charge in [0, 0.05) is 26.1 Å². The molecule has 0 unspecified atom stereocenters. The number of aryl methyl sites for hydroxylation is 1. The first kappa shape index (κ1) is 30.2. The average molecular weight is 604 g/mol. The van der Waals surface area contributed by atoms with Gasteiger partial charge in [-0.2, -0.15) is 4.31 Å². The van der Waals surface area contributed by atoms with Gasteiger partial charge in [0.2, 0.25) is 21.8 Å². The first-order valence-corrected chi connectivity index (χ1v) is 15.7. The van der Waals surface area contributed by atoms with E-state index in [4.69, 9.17) is 4.42 Å². The summed E-state index contributed by atoms with van der Waals surface area (Å²) in [7, 11) is -3.53. The number of carbonyl (C=O) groups excluding carboxylic acids is 2. The van der Waals surface area contributed by atoms with Crippen LogP contribution >= 0.6 is 0 Å². The molecular formula is C33H34FN3O5S. The van der Waals surface area contributed by atoms with Crippen molar-refractivity contribution in [3.8, 4) is 0 Å². The summed E-state index contributed by atoms with van der Waals surface area (Å²) in [4.78, 5) is 29.3. The van der Waals surface area contributed by atoms with E-state index >= 15 is 0 Å². The Hall–Kier alpha value is -4.28. The quantitative estimate of drug-likeness (QED) is 0.239. The molecule has 1 aliphatic rings. The minimum atomic E-state index is -3.53. The van der Waals surface area contributed by atoms with Gasteiger partial charge in [-0.25, -0.2) is 12.8 Å². The number of hydrogen-bond donors (Lipinski definition) is 1. The number of carbonyl (C=O) groups is 2. The standard InChI is InChI=1S/C33H34FN3O5S/c34-28-15-10-26(11-16-28)24-37(32(27-7-2-1-3-8-27)33(39)35-23-29-9-6-22-42-29)31(38)19-14-25-12-17-30(18-13-25)43(40,41)36-20-4-5-21-36/h1-3,6-13,15-18,22,32H,4-5,14,19-21,23-24H2,(H,35,39)/t32-/m0/s1. The summed E-state index contributed by atoms with van der Waals surface area (Å²) in [6.07, 6.45) is 3.67. The van der Waals surface area contributed by atoms with Crippen molar-refractivity contribution in [3.63, 3.8) is 0 Å². The number of sulfonamides is 1. The lowest BCUT2D eigenvalue weighted by molar-refractivity contribution is -0.141. The van der Waals surface area contributed by atoms with Crippen LogP contribution in [0.5, 0.6) is 0 Å². The van der Waals surface area contributed by atoms with Crippen LogP contribution < -0.4 is 5.32 Å². The highest BCUT2D eigenvalue weighted by Crippen LogP contribution is 2.26. The van der Waals surface area contributed by atoms with Crippen LogP contribution in [-0.2, 0) is 39.1 Å². The number of benzene rings is 3. The van der Waals surface area contributed by atoms with Crippen molar-refractivity contribution < 1.29 is 26.8 Å². The van der Waals surface area contributed by atoms with Crippen molar-refractivity contribution in [3.05, 3.63) is 126 Å². The number of rotatable bonds is 12. The molecule has 8 nitrogen and oxygen atoms in total. The molecule has 4 aromatic rings. The molecule has 2 amide bonds. The number of amides is 2. The molecule has 10 heteroatoms. The van der Waals surface area contributed by atoms with Gasteiger partial charge in [0.1, 0.15) is 17.6 Å². The van der Waals surface area contributed by atoms with Crippen LogP contribution in [0.25, 0.3) is 0 Å². The van der Waals surface area contributed by atoms with Crippen LogP contribution in [-0.4, -0.2) is 42.5 Å². The third-order valence-electron chi connectivity index (χ3n) is 7.53. The predicted molar refractivity (Wildman–Crippen MR) is 159 cm³/mol. The summed E-state index contributed by atoms with van der Waals surface area (Å²) >= 11 is 0. The van der Waals surface area contributed by atoms with E-state index in [2.05, 4.69) is 5.32 Å². The van der Waals surface area contributed by atoms with E-state index < -0.39 is 21.9 Å². The fraction of sp³-hybridized carbons (Fsp3) is 0.273. The van der Waals surface area contributed by atoms with Crippen molar-refractivity contribution >= 4 is 21.8 Å². The number of halogens is 1. The molecule has 3 aromatic carbocycles. The Labute approximate surface area is 251 Å². The lowest BCUT2D eigenvalue weighted by atomic mass is 10.0. The molecule has 1 N–H and O–H groups in total. The molecule has 1 fully saturated rings. The smallest absolute Gasteiger partial charge is 0.247 e. The summed E-state index contributed by atoms with van der Waals surface area (Å²) < 4.78 is 46.3. The van der Waals surface area contributed by atoms with Crippen molar-refractivity contribution in [1.29, 1.82) is 0 Å². The van der Waals surface area contributed by atoms with Gasteiger partial charge in [-0.15, -0.1) is 0 Å². The molecule has 0 saturated carbocycles. The molecular weight excluding hydrogens is 569 g/mol. The summed E-state index contributed by atoms with van der Waals surface area (Å²) in [5.41, 5.74) is 2.10. The zero-order valence-electron chi connectivity index (χ0n) is 23.7. The van der Waals surface area contributed by atoms with Crippen molar-refractivity contribution in [2.24, 2.45) is 0 Å². The van der Waals surface area contributed by atoms with Gasteiger partial charge in [-0.3, -0.25) is 9.59 Å². The normalized spacial score (nSPS) is 14.3. The molecule has 1 aromatic heterocycles. The fourth-order valence-corrected chi connectivity index (χ4v) is 6.72. The number of nitrogens with one attached hydrogen (secondary N) is 1. The summed E-state index contributed by atoms with van der Waals surface area (Å²) in [5, 5.41) is 2.88. The summed E-state index contributed by atoms with van der Waals surface area (Å²) in [6, 6.07) is 24.0. The van der Waals surface area contributed by atoms with Gasteiger partial charge in [0.05, 0.1) is 17.7 Å². The Morgan fingerprint density at radius 2 is 1.56 bits per heavy atom. The van der Waals surface area contributed by atoms with Gasteiger partial charge in [0.15, 0.2) is 0 Å². The number of hydrogen-bond acceptors (Lipinski definition) is 5. The molecule has 224 valence electrons. The van der Waals surface area contributed by atoms with Gasteiger partial charge < -0.3 is 14.6 Å². The van der Waals surface area contributed by atoms with Gasteiger partial charge in [-0.05, 0) is 72.4 Å². The first-order valence-electron chi connectivity index (χ1n) is 14.3. The van der Waals surface area contributed by atoms with E-state index in [1.54, 1.807) is 72.8 Å². The molecule has 1 aliphatic heterocycles. The molecule has 2 heterocycles. The Kier molecular flexibility index (Phi) is 9.68. The second-order valence-corrected chi connectivity index (χ2v) is 12.5.